The van der Waals surface area contributed by atoms with Crippen molar-refractivity contribution in [2.24, 2.45) is 11.1 Å². The first-order chi connectivity index (χ1) is 19.1. The van der Waals surface area contributed by atoms with Crippen molar-refractivity contribution in [1.82, 2.24) is 24.6 Å². The highest BCUT2D eigenvalue weighted by atomic mass is 16.5. The van der Waals surface area contributed by atoms with Crippen LogP contribution in [0.3, 0.4) is 0 Å². The third-order valence-corrected chi connectivity index (χ3v) is 8.09. The maximum absolute atomic E-state index is 6.53. The van der Waals surface area contributed by atoms with Crippen molar-refractivity contribution < 1.29 is 9.47 Å². The standard InChI is InChI=1S/C30H29N7O2/c1-20-26(31)30(19-38-20)13-16-36(17-14-30)29-33-27-25(28-32-15-18-37(28)29)24(34-35-27)12-9-21-7-10-23(11-8-21)39-22-5-3-2-4-6-22/h2-8,10-11,15,18,20,26H,13-14,16-17,19,31H2,1H3,(H,34,35)/t20-,26+/m0/s1. The van der Waals surface area contributed by atoms with Crippen LogP contribution in [0.2, 0.25) is 0 Å². The number of imidazole rings is 1. The second-order valence-corrected chi connectivity index (χ2v) is 10.4. The Kier molecular flexibility index (Phi) is 5.72. The van der Waals surface area contributed by atoms with E-state index in [-0.39, 0.29) is 17.6 Å². The van der Waals surface area contributed by atoms with Gasteiger partial charge in [0.2, 0.25) is 5.95 Å². The van der Waals surface area contributed by atoms with Gasteiger partial charge in [-0.15, -0.1) is 0 Å². The normalized spacial score (nSPS) is 20.4. The van der Waals surface area contributed by atoms with Gasteiger partial charge in [0.25, 0.3) is 0 Å². The number of anilines is 1. The number of fused-ring (bicyclic) bond motifs is 3. The van der Waals surface area contributed by atoms with Crippen LogP contribution in [-0.4, -0.2) is 56.4 Å². The summed E-state index contributed by atoms with van der Waals surface area (Å²) in [5.74, 6) is 8.83. The van der Waals surface area contributed by atoms with E-state index in [9.17, 15) is 0 Å². The molecule has 2 saturated heterocycles. The summed E-state index contributed by atoms with van der Waals surface area (Å²) in [5, 5.41) is 8.38. The van der Waals surface area contributed by atoms with Crippen LogP contribution in [0.5, 0.6) is 11.5 Å². The molecule has 7 rings (SSSR count). The van der Waals surface area contributed by atoms with Crippen LogP contribution in [0.15, 0.2) is 67.0 Å². The van der Waals surface area contributed by atoms with Gasteiger partial charge in [0.15, 0.2) is 11.3 Å². The van der Waals surface area contributed by atoms with E-state index < -0.39 is 0 Å². The third kappa shape index (κ3) is 4.18. The largest absolute Gasteiger partial charge is 0.457 e. The second kappa shape index (κ2) is 9.42. The van der Waals surface area contributed by atoms with E-state index in [4.69, 9.17) is 20.2 Å². The molecule has 39 heavy (non-hydrogen) atoms. The average molecular weight is 520 g/mol. The molecule has 5 aromatic rings. The number of piperidine rings is 1. The number of aromatic nitrogens is 5. The molecule has 5 heterocycles. The SMILES string of the molecule is C[C@@H]1OCC2(CCN(c3nc4[nH]nc(C#Cc5ccc(Oc6ccccc6)cc5)c4c4nccn34)CC2)[C@@H]1N. The summed E-state index contributed by atoms with van der Waals surface area (Å²) in [7, 11) is 0. The highest BCUT2D eigenvalue weighted by Gasteiger charge is 2.47. The number of nitrogens with zero attached hydrogens (tertiary/aromatic N) is 5. The minimum atomic E-state index is 0.0523. The lowest BCUT2D eigenvalue weighted by Crippen LogP contribution is -2.51. The average Bonchev–Trinajstić information content (AvgIpc) is 3.68. The molecule has 3 aromatic heterocycles. The number of rotatable bonds is 3. The van der Waals surface area contributed by atoms with E-state index in [1.807, 2.05) is 65.2 Å². The van der Waals surface area contributed by atoms with Crippen LogP contribution in [0.4, 0.5) is 5.95 Å². The molecule has 0 aliphatic carbocycles. The molecule has 0 saturated carbocycles. The molecule has 0 radical (unpaired) electrons. The van der Waals surface area contributed by atoms with E-state index in [2.05, 4.69) is 38.8 Å². The van der Waals surface area contributed by atoms with E-state index in [1.54, 1.807) is 6.20 Å². The minimum Gasteiger partial charge on any atom is -0.457 e. The van der Waals surface area contributed by atoms with Gasteiger partial charge in [-0.05, 0) is 62.1 Å². The first kappa shape index (κ1) is 23.7. The smallest absolute Gasteiger partial charge is 0.213 e. The Labute approximate surface area is 226 Å². The van der Waals surface area contributed by atoms with Gasteiger partial charge in [-0.25, -0.2) is 4.98 Å². The molecule has 1 spiro atoms. The Morgan fingerprint density at radius 2 is 1.82 bits per heavy atom. The number of hydrogen-bond donors (Lipinski definition) is 2. The Balaban J connectivity index is 1.14. The van der Waals surface area contributed by atoms with Gasteiger partial charge >= 0.3 is 0 Å². The maximum atomic E-state index is 6.53. The van der Waals surface area contributed by atoms with Crippen molar-refractivity contribution >= 4 is 22.6 Å². The zero-order valence-corrected chi connectivity index (χ0v) is 21.7. The number of hydrogen-bond acceptors (Lipinski definition) is 7. The summed E-state index contributed by atoms with van der Waals surface area (Å²) < 4.78 is 13.8. The van der Waals surface area contributed by atoms with Crippen LogP contribution in [-0.2, 0) is 4.74 Å². The van der Waals surface area contributed by atoms with Gasteiger partial charge in [-0.1, -0.05) is 24.1 Å². The van der Waals surface area contributed by atoms with Crippen LogP contribution < -0.4 is 15.4 Å². The fraction of sp³-hybridized carbons (Fsp3) is 0.300. The molecule has 9 heteroatoms. The zero-order valence-electron chi connectivity index (χ0n) is 21.7. The van der Waals surface area contributed by atoms with Crippen molar-refractivity contribution in [3.63, 3.8) is 0 Å². The van der Waals surface area contributed by atoms with Gasteiger partial charge in [0, 0.05) is 42.5 Å². The summed E-state index contributed by atoms with van der Waals surface area (Å²) >= 11 is 0. The molecule has 2 aromatic carbocycles. The first-order valence-electron chi connectivity index (χ1n) is 13.3. The summed E-state index contributed by atoms with van der Waals surface area (Å²) in [4.78, 5) is 11.9. The number of nitrogens with one attached hydrogen (secondary N) is 1. The Hall–Kier alpha value is -4.39. The lowest BCUT2D eigenvalue weighted by molar-refractivity contribution is 0.0973. The summed E-state index contributed by atoms with van der Waals surface area (Å²) in [6.45, 7) is 4.53. The van der Waals surface area contributed by atoms with E-state index in [0.29, 0.717) is 11.3 Å². The topological polar surface area (TPSA) is 107 Å². The number of aromatic amines is 1. The van der Waals surface area contributed by atoms with Gasteiger partial charge in [0.1, 0.15) is 17.2 Å². The molecule has 2 aliphatic heterocycles. The van der Waals surface area contributed by atoms with Crippen molar-refractivity contribution in [2.75, 3.05) is 24.6 Å². The van der Waals surface area contributed by atoms with Gasteiger partial charge in [-0.3, -0.25) is 9.50 Å². The Bertz CT molecular complexity index is 1690. The number of nitrogens with two attached hydrogens (primary N) is 1. The highest BCUT2D eigenvalue weighted by Crippen LogP contribution is 2.42. The minimum absolute atomic E-state index is 0.0523. The lowest BCUT2D eigenvalue weighted by Gasteiger charge is -2.41. The van der Waals surface area contributed by atoms with E-state index in [1.165, 1.54) is 0 Å². The number of benzene rings is 2. The van der Waals surface area contributed by atoms with Crippen molar-refractivity contribution in [2.45, 2.75) is 31.9 Å². The summed E-state index contributed by atoms with van der Waals surface area (Å²) in [6.07, 6.45) is 5.80. The molecule has 2 atom stereocenters. The molecule has 3 N–H and O–H groups in total. The van der Waals surface area contributed by atoms with Gasteiger partial charge < -0.3 is 20.1 Å². The maximum Gasteiger partial charge on any atom is 0.213 e. The van der Waals surface area contributed by atoms with E-state index in [0.717, 1.165) is 66.6 Å². The molecule has 0 bridgehead atoms. The summed E-state index contributed by atoms with van der Waals surface area (Å²) in [6, 6.07) is 17.5. The van der Waals surface area contributed by atoms with Crippen LogP contribution in [0, 0.1) is 17.3 Å². The first-order valence-corrected chi connectivity index (χ1v) is 13.3. The zero-order chi connectivity index (χ0) is 26.4. The van der Waals surface area contributed by atoms with Crippen molar-refractivity contribution in [3.8, 4) is 23.3 Å². The van der Waals surface area contributed by atoms with Gasteiger partial charge in [0.05, 0.1) is 18.1 Å². The number of para-hydroxylation sites is 1. The number of H-pyrrole nitrogens is 1. The number of ether oxygens (including phenoxy) is 2. The molecule has 2 aliphatic rings. The van der Waals surface area contributed by atoms with E-state index >= 15 is 0 Å². The second-order valence-electron chi connectivity index (χ2n) is 10.4. The van der Waals surface area contributed by atoms with Crippen LogP contribution in [0.25, 0.3) is 16.7 Å². The van der Waals surface area contributed by atoms with Crippen LogP contribution >= 0.6 is 0 Å². The molecule has 0 unspecified atom stereocenters. The predicted octanol–water partition coefficient (Wildman–Crippen LogP) is 4.13. The van der Waals surface area contributed by atoms with Crippen molar-refractivity contribution in [1.29, 1.82) is 0 Å². The predicted molar refractivity (Wildman–Crippen MR) is 149 cm³/mol. The monoisotopic (exact) mass is 519 g/mol. The lowest BCUT2D eigenvalue weighted by atomic mass is 9.73. The third-order valence-electron chi connectivity index (χ3n) is 8.09. The fourth-order valence-electron chi connectivity index (χ4n) is 5.73. The quantitative estimate of drug-likeness (QED) is 0.345. The highest BCUT2D eigenvalue weighted by molar-refractivity contribution is 5.94. The summed E-state index contributed by atoms with van der Waals surface area (Å²) in [5.41, 5.74) is 9.52. The molecular weight excluding hydrogens is 490 g/mol. The molecule has 196 valence electrons. The molecule has 9 nitrogen and oxygen atoms in total. The Morgan fingerprint density at radius 1 is 1.05 bits per heavy atom. The van der Waals surface area contributed by atoms with Crippen LogP contribution in [0.1, 0.15) is 31.0 Å². The molecule has 2 fully saturated rings. The fourth-order valence-corrected chi connectivity index (χ4v) is 5.73. The van der Waals surface area contributed by atoms with Gasteiger partial charge in [-0.2, -0.15) is 10.1 Å². The van der Waals surface area contributed by atoms with Crippen molar-refractivity contribution in [3.05, 3.63) is 78.2 Å². The molecular formula is C30H29N7O2. The Morgan fingerprint density at radius 3 is 2.56 bits per heavy atom. The molecule has 0 amide bonds.